The molecule has 0 bridgehead atoms. The van der Waals surface area contributed by atoms with Gasteiger partial charge in [-0.1, -0.05) is 13.8 Å². The maximum absolute atomic E-state index is 11.2. The molecule has 0 saturated carbocycles. The summed E-state index contributed by atoms with van der Waals surface area (Å²) in [4.78, 5) is 2.42. The minimum atomic E-state index is -0.517. The average Bonchev–Trinajstić information content (AvgIpc) is 2.99. The van der Waals surface area contributed by atoms with Crippen LogP contribution in [0.1, 0.15) is 51.1 Å². The third-order valence-corrected chi connectivity index (χ3v) is 5.74. The van der Waals surface area contributed by atoms with E-state index in [2.05, 4.69) is 30.9 Å². The van der Waals surface area contributed by atoms with E-state index in [9.17, 15) is 5.11 Å². The fourth-order valence-electron chi connectivity index (χ4n) is 4.28. The minimum absolute atomic E-state index is 0.296. The zero-order valence-corrected chi connectivity index (χ0v) is 14.6. The molecule has 4 nitrogen and oxygen atoms in total. The quantitative estimate of drug-likeness (QED) is 0.904. The maximum atomic E-state index is 11.2. The van der Waals surface area contributed by atoms with Crippen molar-refractivity contribution in [1.29, 1.82) is 0 Å². The molecule has 130 valence electrons. The highest BCUT2D eigenvalue weighted by Crippen LogP contribution is 2.39. The van der Waals surface area contributed by atoms with Crippen molar-refractivity contribution in [2.45, 2.75) is 58.1 Å². The molecule has 2 aliphatic heterocycles. The van der Waals surface area contributed by atoms with Crippen LogP contribution in [0.25, 0.3) is 0 Å². The van der Waals surface area contributed by atoms with Gasteiger partial charge in [0.25, 0.3) is 0 Å². The van der Waals surface area contributed by atoms with Crippen molar-refractivity contribution in [3.8, 4) is 0 Å². The molecule has 2 fully saturated rings. The van der Waals surface area contributed by atoms with E-state index in [1.165, 1.54) is 0 Å². The predicted molar refractivity (Wildman–Crippen MR) is 90.3 cm³/mol. The molecule has 0 aliphatic carbocycles. The summed E-state index contributed by atoms with van der Waals surface area (Å²) >= 11 is 0. The molecule has 0 amide bonds. The minimum Gasteiger partial charge on any atom is -0.465 e. The Kier molecular flexibility index (Phi) is 5.45. The Morgan fingerprint density at radius 2 is 2.00 bits per heavy atom. The lowest BCUT2D eigenvalue weighted by molar-refractivity contribution is -0.132. The van der Waals surface area contributed by atoms with Gasteiger partial charge in [-0.2, -0.15) is 0 Å². The van der Waals surface area contributed by atoms with Crippen LogP contribution in [0, 0.1) is 11.8 Å². The van der Waals surface area contributed by atoms with Gasteiger partial charge < -0.3 is 14.3 Å². The number of nitrogens with zero attached hydrogens (tertiary/aromatic N) is 1. The van der Waals surface area contributed by atoms with Gasteiger partial charge in [0, 0.05) is 32.7 Å². The Hall–Kier alpha value is -0.840. The number of hydrogen-bond donors (Lipinski definition) is 1. The smallest absolute Gasteiger partial charge is 0.118 e. The summed E-state index contributed by atoms with van der Waals surface area (Å²) in [5, 5.41) is 11.2. The molecule has 3 rings (SSSR count). The molecule has 23 heavy (non-hydrogen) atoms. The van der Waals surface area contributed by atoms with Crippen LogP contribution in [0.5, 0.6) is 0 Å². The lowest BCUT2D eigenvalue weighted by atomic mass is 9.70. The molecular weight excluding hydrogens is 290 g/mol. The van der Waals surface area contributed by atoms with Gasteiger partial charge in [-0.15, -0.1) is 0 Å². The molecule has 2 atom stereocenters. The van der Waals surface area contributed by atoms with E-state index >= 15 is 0 Å². The van der Waals surface area contributed by atoms with Crippen molar-refractivity contribution in [2.75, 3.05) is 26.3 Å². The number of aryl methyl sites for hydroxylation is 1. The van der Waals surface area contributed by atoms with Crippen molar-refractivity contribution in [3.05, 3.63) is 23.7 Å². The topological polar surface area (TPSA) is 45.8 Å². The van der Waals surface area contributed by atoms with Gasteiger partial charge in [0.1, 0.15) is 11.5 Å². The van der Waals surface area contributed by atoms with E-state index < -0.39 is 5.60 Å². The van der Waals surface area contributed by atoms with Gasteiger partial charge in [-0.05, 0) is 49.7 Å². The van der Waals surface area contributed by atoms with Gasteiger partial charge >= 0.3 is 0 Å². The molecule has 0 unspecified atom stereocenters. The van der Waals surface area contributed by atoms with E-state index in [0.717, 1.165) is 76.5 Å². The summed E-state index contributed by atoms with van der Waals surface area (Å²) in [5.41, 5.74) is -0.517. The first kappa shape index (κ1) is 17.0. The predicted octanol–water partition coefficient (Wildman–Crippen LogP) is 3.23. The Morgan fingerprint density at radius 1 is 1.26 bits per heavy atom. The first-order valence-electron chi connectivity index (χ1n) is 9.22. The summed E-state index contributed by atoms with van der Waals surface area (Å²) in [6, 6.07) is 4.21. The summed E-state index contributed by atoms with van der Waals surface area (Å²) < 4.78 is 11.4. The van der Waals surface area contributed by atoms with Gasteiger partial charge in [-0.3, -0.25) is 4.90 Å². The molecule has 4 heteroatoms. The highest BCUT2D eigenvalue weighted by atomic mass is 16.5. The summed E-state index contributed by atoms with van der Waals surface area (Å²) in [6.07, 6.45) is 4.99. The summed E-state index contributed by atoms with van der Waals surface area (Å²) in [7, 11) is 0. The van der Waals surface area contributed by atoms with Gasteiger partial charge in [-0.25, -0.2) is 0 Å². The van der Waals surface area contributed by atoms with Crippen LogP contribution < -0.4 is 0 Å². The molecule has 3 heterocycles. The van der Waals surface area contributed by atoms with Crippen LogP contribution in [0.3, 0.4) is 0 Å². The van der Waals surface area contributed by atoms with Crippen molar-refractivity contribution in [3.63, 3.8) is 0 Å². The number of hydrogen-bond acceptors (Lipinski definition) is 4. The fourth-order valence-corrected chi connectivity index (χ4v) is 4.28. The monoisotopic (exact) mass is 321 g/mol. The van der Waals surface area contributed by atoms with Gasteiger partial charge in [0.15, 0.2) is 0 Å². The highest BCUT2D eigenvalue weighted by Gasteiger charge is 2.45. The van der Waals surface area contributed by atoms with Crippen LogP contribution in [0.4, 0.5) is 0 Å². The molecule has 0 radical (unpaired) electrons. The molecule has 0 aromatic carbocycles. The number of ether oxygens (including phenoxy) is 1. The van der Waals surface area contributed by atoms with E-state index in [1.807, 2.05) is 0 Å². The molecule has 0 spiro atoms. The third kappa shape index (κ3) is 3.81. The standard InChI is InChI=1S/C19H31NO3/c1-3-4-17-5-6-18(23-17)14-20-10-9-19(21,15(2)13-20)16-7-11-22-12-8-16/h5-6,15-16,21H,3-4,7-14H2,1-2H3/t15-,19+/m1/s1. The largest absolute Gasteiger partial charge is 0.465 e. The SMILES string of the molecule is CCCc1ccc(CN2CC[C@@](O)(C3CCOCC3)[C@H](C)C2)o1. The van der Waals surface area contributed by atoms with Crippen LogP contribution in [0.15, 0.2) is 16.5 Å². The first-order valence-corrected chi connectivity index (χ1v) is 9.22. The lowest BCUT2D eigenvalue weighted by Gasteiger charge is -2.48. The van der Waals surface area contributed by atoms with Gasteiger partial charge in [0.05, 0.1) is 12.1 Å². The van der Waals surface area contributed by atoms with E-state index in [1.54, 1.807) is 0 Å². The molecule has 1 N–H and O–H groups in total. The number of piperidine rings is 1. The maximum Gasteiger partial charge on any atom is 0.118 e. The summed E-state index contributed by atoms with van der Waals surface area (Å²) in [5.74, 6) is 2.83. The third-order valence-electron chi connectivity index (χ3n) is 5.74. The Labute approximate surface area is 139 Å². The van der Waals surface area contributed by atoms with E-state index in [-0.39, 0.29) is 0 Å². The number of aliphatic hydroxyl groups is 1. The van der Waals surface area contributed by atoms with Crippen molar-refractivity contribution in [1.82, 2.24) is 4.90 Å². The summed E-state index contributed by atoms with van der Waals surface area (Å²) in [6.45, 7) is 8.72. The zero-order valence-electron chi connectivity index (χ0n) is 14.6. The molecule has 2 aliphatic rings. The van der Waals surface area contributed by atoms with Gasteiger partial charge in [0.2, 0.25) is 0 Å². The molecule has 2 saturated heterocycles. The number of likely N-dealkylation sites (tertiary alicyclic amines) is 1. The van der Waals surface area contributed by atoms with Crippen molar-refractivity contribution in [2.24, 2.45) is 11.8 Å². The Balaban J connectivity index is 1.56. The second-order valence-corrected chi connectivity index (χ2v) is 7.38. The van der Waals surface area contributed by atoms with Crippen LogP contribution in [-0.2, 0) is 17.7 Å². The van der Waals surface area contributed by atoms with E-state index in [0.29, 0.717) is 11.8 Å². The van der Waals surface area contributed by atoms with Crippen LogP contribution in [0.2, 0.25) is 0 Å². The van der Waals surface area contributed by atoms with Crippen LogP contribution in [-0.4, -0.2) is 41.9 Å². The zero-order chi connectivity index (χ0) is 16.3. The van der Waals surface area contributed by atoms with Crippen molar-refractivity contribution < 1.29 is 14.3 Å². The van der Waals surface area contributed by atoms with Crippen LogP contribution >= 0.6 is 0 Å². The first-order chi connectivity index (χ1) is 11.1. The highest BCUT2D eigenvalue weighted by molar-refractivity contribution is 5.08. The fraction of sp³-hybridized carbons (Fsp3) is 0.789. The Morgan fingerprint density at radius 3 is 2.70 bits per heavy atom. The Bertz CT molecular complexity index is 495. The number of rotatable bonds is 5. The second kappa shape index (κ2) is 7.37. The average molecular weight is 321 g/mol. The molecule has 1 aromatic rings. The second-order valence-electron chi connectivity index (χ2n) is 7.38. The van der Waals surface area contributed by atoms with E-state index in [4.69, 9.17) is 9.15 Å². The van der Waals surface area contributed by atoms with Crippen molar-refractivity contribution >= 4 is 0 Å². The molecule has 1 aromatic heterocycles. The molecular formula is C19H31NO3. The number of furan rings is 1. The lowest BCUT2D eigenvalue weighted by Crippen LogP contribution is -2.55. The normalized spacial score (nSPS) is 30.7.